The minimum absolute atomic E-state index is 0. The Morgan fingerprint density at radius 3 is 3.00 bits per heavy atom. The van der Waals surface area contributed by atoms with Gasteiger partial charge in [0, 0.05) is 11.1 Å². The third-order valence-corrected chi connectivity index (χ3v) is 3.04. The summed E-state index contributed by atoms with van der Waals surface area (Å²) >= 11 is 7.58. The Morgan fingerprint density at radius 1 is 1.50 bits per heavy atom. The van der Waals surface area contributed by atoms with E-state index in [9.17, 15) is 0 Å². The van der Waals surface area contributed by atoms with Crippen LogP contribution in [0, 0.1) is 0 Å². The highest BCUT2D eigenvalue weighted by molar-refractivity contribution is 7.16. The van der Waals surface area contributed by atoms with E-state index >= 15 is 0 Å². The summed E-state index contributed by atoms with van der Waals surface area (Å²) in [4.78, 5) is 0. The van der Waals surface area contributed by atoms with Crippen molar-refractivity contribution in [3.63, 3.8) is 0 Å². The molecule has 0 aliphatic rings. The zero-order valence-electron chi connectivity index (χ0n) is 7.41. The molecule has 0 radical (unpaired) electrons. The molecule has 0 aliphatic heterocycles. The lowest BCUT2D eigenvalue weighted by atomic mass is 10.3. The van der Waals surface area contributed by atoms with Crippen LogP contribution >= 0.6 is 22.9 Å². The number of rotatable bonds is 2. The Labute approximate surface area is 102 Å². The largest absolute Gasteiger partial charge is 1.00 e. The van der Waals surface area contributed by atoms with Crippen LogP contribution in [0.4, 0.5) is 0 Å². The molecule has 0 saturated heterocycles. The van der Waals surface area contributed by atoms with Crippen LogP contribution in [0.5, 0.6) is 0 Å². The zero-order chi connectivity index (χ0) is 9.26. The molecule has 14 heavy (non-hydrogen) atoms. The molecule has 0 saturated carbocycles. The van der Waals surface area contributed by atoms with E-state index in [1.54, 1.807) is 11.3 Å². The van der Waals surface area contributed by atoms with Gasteiger partial charge in [-0.2, -0.15) is 4.57 Å². The van der Waals surface area contributed by atoms with Gasteiger partial charge in [0.15, 0.2) is 6.54 Å². The Balaban J connectivity index is 0.000000980. The molecule has 1 aromatic heterocycles. The maximum absolute atomic E-state index is 5.88. The number of hydrogen-bond acceptors (Lipinski definition) is 1. The molecule has 4 heteroatoms. The van der Waals surface area contributed by atoms with Crippen molar-refractivity contribution >= 4 is 33.2 Å². The van der Waals surface area contributed by atoms with Crippen molar-refractivity contribution in [3.05, 3.63) is 41.4 Å². The fraction of sp³-hybridized carbons (Fsp3) is 0.100. The van der Waals surface area contributed by atoms with Crippen molar-refractivity contribution in [2.45, 2.75) is 6.54 Å². The lowest BCUT2D eigenvalue weighted by Crippen LogP contribution is -3.00. The first-order valence-electron chi connectivity index (χ1n) is 3.98. The van der Waals surface area contributed by atoms with Crippen LogP contribution in [0.3, 0.4) is 0 Å². The topological polar surface area (TPSA) is 3.88 Å². The van der Waals surface area contributed by atoms with Crippen molar-refractivity contribution in [1.82, 2.24) is 0 Å². The molecule has 1 aromatic carbocycles. The molecular formula is C10H9BrClNS. The number of thiazole rings is 1. The number of benzene rings is 1. The van der Waals surface area contributed by atoms with Gasteiger partial charge in [0.05, 0.1) is 0 Å². The molecule has 0 amide bonds. The van der Waals surface area contributed by atoms with Crippen molar-refractivity contribution < 1.29 is 21.5 Å². The molecule has 1 heterocycles. The molecule has 0 fully saturated rings. The van der Waals surface area contributed by atoms with Crippen LogP contribution in [0.1, 0.15) is 0 Å². The van der Waals surface area contributed by atoms with E-state index in [4.69, 9.17) is 11.6 Å². The first-order chi connectivity index (χ1) is 6.31. The van der Waals surface area contributed by atoms with E-state index in [0.29, 0.717) is 0 Å². The van der Waals surface area contributed by atoms with Gasteiger partial charge in [0.2, 0.25) is 11.0 Å². The smallest absolute Gasteiger partial charge is 0.226 e. The molecule has 0 spiro atoms. The molecule has 0 unspecified atom stereocenters. The van der Waals surface area contributed by atoms with E-state index in [0.717, 1.165) is 11.6 Å². The highest BCUT2D eigenvalue weighted by Crippen LogP contribution is 2.20. The predicted molar refractivity (Wildman–Crippen MR) is 57.2 cm³/mol. The van der Waals surface area contributed by atoms with E-state index < -0.39 is 0 Å². The lowest BCUT2D eigenvalue weighted by Gasteiger charge is -1.89. The molecule has 74 valence electrons. The van der Waals surface area contributed by atoms with Gasteiger partial charge in [-0.1, -0.05) is 29.5 Å². The molecule has 1 nitrogen and oxygen atoms in total. The van der Waals surface area contributed by atoms with Crippen LogP contribution < -0.4 is 21.5 Å². The van der Waals surface area contributed by atoms with E-state index in [2.05, 4.69) is 16.7 Å². The SMILES string of the molecule is C=CC[n+]1csc2cc(Cl)ccc21.[Br-]. The van der Waals surface area contributed by atoms with E-state index in [1.807, 2.05) is 24.3 Å². The first-order valence-corrected chi connectivity index (χ1v) is 5.24. The number of aromatic nitrogens is 1. The van der Waals surface area contributed by atoms with Gasteiger partial charge in [0.1, 0.15) is 4.70 Å². The third-order valence-electron chi connectivity index (χ3n) is 1.86. The van der Waals surface area contributed by atoms with Gasteiger partial charge in [0.25, 0.3) is 0 Å². The second kappa shape index (κ2) is 4.91. The van der Waals surface area contributed by atoms with Crippen LogP contribution in [0.15, 0.2) is 36.4 Å². The Kier molecular flexibility index (Phi) is 4.11. The monoisotopic (exact) mass is 289 g/mol. The standard InChI is InChI=1S/C10H9ClNS.BrH/c1-2-5-12-7-13-10-6-8(11)3-4-9(10)12;/h2-4,6-7H,1,5H2;1H/q+1;/p-1. The minimum atomic E-state index is 0. The molecule has 0 bridgehead atoms. The highest BCUT2D eigenvalue weighted by atomic mass is 79.9. The van der Waals surface area contributed by atoms with Crippen molar-refractivity contribution in [2.24, 2.45) is 0 Å². The summed E-state index contributed by atoms with van der Waals surface area (Å²) in [7, 11) is 0. The first kappa shape index (κ1) is 11.7. The average molecular weight is 291 g/mol. The van der Waals surface area contributed by atoms with Gasteiger partial charge in [-0.25, -0.2) is 0 Å². The second-order valence-electron chi connectivity index (χ2n) is 2.78. The fourth-order valence-electron chi connectivity index (χ4n) is 1.28. The number of nitrogens with zero attached hydrogens (tertiary/aromatic N) is 1. The van der Waals surface area contributed by atoms with E-state index in [-0.39, 0.29) is 17.0 Å². The number of hydrogen-bond donors (Lipinski definition) is 0. The Hall–Kier alpha value is -0.380. The summed E-state index contributed by atoms with van der Waals surface area (Å²) in [6.45, 7) is 4.57. The van der Waals surface area contributed by atoms with Crippen LogP contribution in [-0.4, -0.2) is 0 Å². The summed E-state index contributed by atoms with van der Waals surface area (Å²) < 4.78 is 3.37. The molecule has 0 atom stereocenters. The average Bonchev–Trinajstić information content (AvgIpc) is 2.49. The van der Waals surface area contributed by atoms with E-state index in [1.165, 1.54) is 10.2 Å². The van der Waals surface area contributed by atoms with Crippen molar-refractivity contribution in [2.75, 3.05) is 0 Å². The fourth-order valence-corrected chi connectivity index (χ4v) is 2.46. The Morgan fingerprint density at radius 2 is 2.29 bits per heavy atom. The van der Waals surface area contributed by atoms with Gasteiger partial charge in [-0.05, 0) is 18.2 Å². The summed E-state index contributed by atoms with van der Waals surface area (Å²) in [5.41, 5.74) is 3.30. The molecule has 0 N–H and O–H groups in total. The highest BCUT2D eigenvalue weighted by Gasteiger charge is 2.09. The van der Waals surface area contributed by atoms with Gasteiger partial charge < -0.3 is 17.0 Å². The summed E-state index contributed by atoms with van der Waals surface area (Å²) in [6.07, 6.45) is 1.89. The van der Waals surface area contributed by atoms with Crippen molar-refractivity contribution in [3.8, 4) is 0 Å². The van der Waals surface area contributed by atoms with Gasteiger partial charge >= 0.3 is 0 Å². The number of halogens is 2. The normalized spacial score (nSPS) is 9.79. The van der Waals surface area contributed by atoms with Gasteiger partial charge in [-0.3, -0.25) is 0 Å². The summed E-state index contributed by atoms with van der Waals surface area (Å²) in [5, 5.41) is 0.792. The van der Waals surface area contributed by atoms with Crippen molar-refractivity contribution in [1.29, 1.82) is 0 Å². The van der Waals surface area contributed by atoms with Crippen LogP contribution in [0.25, 0.3) is 10.2 Å². The second-order valence-corrected chi connectivity index (χ2v) is 4.10. The number of fused-ring (bicyclic) bond motifs is 1. The van der Waals surface area contributed by atoms with Crippen LogP contribution in [0.2, 0.25) is 5.02 Å². The predicted octanol–water partition coefficient (Wildman–Crippen LogP) is 0.0322. The number of allylic oxidation sites excluding steroid dienone is 1. The lowest BCUT2D eigenvalue weighted by molar-refractivity contribution is -0.656. The minimum Gasteiger partial charge on any atom is -1.00 e. The quantitative estimate of drug-likeness (QED) is 0.543. The third kappa shape index (κ3) is 2.16. The maximum Gasteiger partial charge on any atom is 0.226 e. The molecular weight excluding hydrogens is 282 g/mol. The zero-order valence-corrected chi connectivity index (χ0v) is 10.6. The maximum atomic E-state index is 5.88. The molecule has 2 rings (SSSR count). The Bertz CT molecular complexity index is 452. The summed E-state index contributed by atoms with van der Waals surface area (Å²) in [5.74, 6) is 0. The van der Waals surface area contributed by atoms with Crippen LogP contribution in [-0.2, 0) is 6.54 Å². The molecule has 0 aliphatic carbocycles. The van der Waals surface area contributed by atoms with Gasteiger partial charge in [-0.15, -0.1) is 0 Å². The summed E-state index contributed by atoms with van der Waals surface area (Å²) in [6, 6.07) is 5.94. The molecule has 2 aromatic rings.